The summed E-state index contributed by atoms with van der Waals surface area (Å²) < 4.78 is 33.5. The molecule has 2 aliphatic rings. The van der Waals surface area contributed by atoms with Gasteiger partial charge in [0.05, 0.1) is 6.10 Å². The van der Waals surface area contributed by atoms with Gasteiger partial charge >= 0.3 is 0 Å². The first-order valence-electron chi connectivity index (χ1n) is 9.34. The number of unbranched alkanes of at least 4 members (excludes halogenated alkanes) is 1. The summed E-state index contributed by atoms with van der Waals surface area (Å²) in [6, 6.07) is 2.85. The Morgan fingerprint density at radius 1 is 1.04 bits per heavy atom. The van der Waals surface area contributed by atoms with Gasteiger partial charge < -0.3 is 4.74 Å². The molecule has 0 amide bonds. The minimum absolute atomic E-state index is 0.255. The van der Waals surface area contributed by atoms with Crippen LogP contribution in [-0.2, 0) is 4.74 Å². The lowest BCUT2D eigenvalue weighted by Gasteiger charge is -2.42. The van der Waals surface area contributed by atoms with Crippen LogP contribution in [0, 0.1) is 23.5 Å². The number of halogens is 3. The van der Waals surface area contributed by atoms with Gasteiger partial charge in [-0.15, -0.1) is 0 Å². The molecule has 0 bridgehead atoms. The SMILES string of the molecule is CCCCOC1CCC2CC(c3cc(F)c(Cl)c(F)c3)CCC2C1. The van der Waals surface area contributed by atoms with Crippen molar-refractivity contribution < 1.29 is 13.5 Å². The van der Waals surface area contributed by atoms with Gasteiger partial charge in [0.1, 0.15) is 16.7 Å². The Kier molecular flexibility index (Phi) is 6.15. The third-order valence-electron chi connectivity index (χ3n) is 5.89. The molecule has 0 spiro atoms. The van der Waals surface area contributed by atoms with E-state index >= 15 is 0 Å². The van der Waals surface area contributed by atoms with Gasteiger partial charge in [0.25, 0.3) is 0 Å². The Balaban J connectivity index is 1.58. The van der Waals surface area contributed by atoms with E-state index in [2.05, 4.69) is 6.92 Å². The van der Waals surface area contributed by atoms with Crippen LogP contribution in [0.25, 0.3) is 0 Å². The van der Waals surface area contributed by atoms with Crippen LogP contribution in [0.1, 0.15) is 69.8 Å². The van der Waals surface area contributed by atoms with Crippen LogP contribution in [0.15, 0.2) is 12.1 Å². The molecular weight excluding hydrogens is 330 g/mol. The average molecular weight is 357 g/mol. The predicted molar refractivity (Wildman–Crippen MR) is 93.4 cm³/mol. The summed E-state index contributed by atoms with van der Waals surface area (Å²) in [4.78, 5) is 0. The molecule has 1 aromatic rings. The highest BCUT2D eigenvalue weighted by molar-refractivity contribution is 6.30. The summed E-state index contributed by atoms with van der Waals surface area (Å²) in [5.41, 5.74) is 0.772. The zero-order valence-electron chi connectivity index (χ0n) is 14.4. The first-order valence-corrected chi connectivity index (χ1v) is 9.72. The first kappa shape index (κ1) is 18.1. The average Bonchev–Trinajstić information content (AvgIpc) is 2.59. The van der Waals surface area contributed by atoms with Gasteiger partial charge in [0.15, 0.2) is 0 Å². The monoisotopic (exact) mass is 356 g/mol. The number of hydrogen-bond donors (Lipinski definition) is 0. The van der Waals surface area contributed by atoms with Crippen molar-refractivity contribution in [3.63, 3.8) is 0 Å². The molecule has 0 radical (unpaired) electrons. The van der Waals surface area contributed by atoms with Crippen molar-refractivity contribution in [3.05, 3.63) is 34.4 Å². The molecule has 4 atom stereocenters. The smallest absolute Gasteiger partial charge is 0.145 e. The molecule has 0 aromatic heterocycles. The predicted octanol–water partition coefficient (Wildman–Crippen LogP) is 6.49. The van der Waals surface area contributed by atoms with E-state index in [1.54, 1.807) is 0 Å². The van der Waals surface area contributed by atoms with E-state index in [-0.39, 0.29) is 5.92 Å². The summed E-state index contributed by atoms with van der Waals surface area (Å²) in [6.07, 6.45) is 9.36. The second-order valence-electron chi connectivity index (χ2n) is 7.49. The third kappa shape index (κ3) is 4.11. The summed E-state index contributed by atoms with van der Waals surface area (Å²) in [6.45, 7) is 3.06. The summed E-state index contributed by atoms with van der Waals surface area (Å²) in [5.74, 6) is 0.355. The molecule has 1 aromatic carbocycles. The Hall–Kier alpha value is -0.670. The van der Waals surface area contributed by atoms with Crippen molar-refractivity contribution >= 4 is 11.6 Å². The number of hydrogen-bond acceptors (Lipinski definition) is 1. The molecule has 2 saturated carbocycles. The van der Waals surface area contributed by atoms with Gasteiger partial charge in [-0.1, -0.05) is 24.9 Å². The van der Waals surface area contributed by atoms with E-state index in [0.717, 1.165) is 50.7 Å². The van der Waals surface area contributed by atoms with Crippen molar-refractivity contribution in [1.82, 2.24) is 0 Å². The highest BCUT2D eigenvalue weighted by atomic mass is 35.5. The molecular formula is C20H27ClF2O. The normalized spacial score (nSPS) is 30.2. The lowest BCUT2D eigenvalue weighted by molar-refractivity contribution is -0.0159. The van der Waals surface area contributed by atoms with E-state index in [4.69, 9.17) is 16.3 Å². The van der Waals surface area contributed by atoms with E-state index in [9.17, 15) is 8.78 Å². The van der Waals surface area contributed by atoms with Crippen LogP contribution in [-0.4, -0.2) is 12.7 Å². The van der Waals surface area contributed by atoms with E-state index < -0.39 is 16.7 Å². The molecule has 24 heavy (non-hydrogen) atoms. The minimum atomic E-state index is -0.637. The van der Waals surface area contributed by atoms with Crippen molar-refractivity contribution in [2.45, 2.75) is 70.3 Å². The van der Waals surface area contributed by atoms with Crippen LogP contribution in [0.3, 0.4) is 0 Å². The molecule has 0 heterocycles. The second-order valence-corrected chi connectivity index (χ2v) is 7.87. The lowest BCUT2D eigenvalue weighted by atomic mass is 9.65. The van der Waals surface area contributed by atoms with Gasteiger partial charge in [0.2, 0.25) is 0 Å². The van der Waals surface area contributed by atoms with E-state index in [1.807, 2.05) is 0 Å². The van der Waals surface area contributed by atoms with Crippen LogP contribution in [0.2, 0.25) is 5.02 Å². The largest absolute Gasteiger partial charge is 0.378 e. The summed E-state index contributed by atoms with van der Waals surface area (Å²) in [7, 11) is 0. The summed E-state index contributed by atoms with van der Waals surface area (Å²) in [5, 5.41) is -0.392. The van der Waals surface area contributed by atoms with Crippen molar-refractivity contribution in [2.75, 3.05) is 6.61 Å². The number of fused-ring (bicyclic) bond motifs is 1. The molecule has 4 unspecified atom stereocenters. The fourth-order valence-corrected chi connectivity index (χ4v) is 4.61. The fraction of sp³-hybridized carbons (Fsp3) is 0.700. The molecule has 0 aliphatic heterocycles. The molecule has 134 valence electrons. The molecule has 1 nitrogen and oxygen atoms in total. The summed E-state index contributed by atoms with van der Waals surface area (Å²) >= 11 is 5.60. The van der Waals surface area contributed by atoms with Crippen LogP contribution in [0.5, 0.6) is 0 Å². The fourth-order valence-electron chi connectivity index (χ4n) is 4.51. The van der Waals surface area contributed by atoms with Gasteiger partial charge in [-0.25, -0.2) is 8.78 Å². The maximum atomic E-state index is 13.7. The van der Waals surface area contributed by atoms with Crippen molar-refractivity contribution in [3.8, 4) is 0 Å². The van der Waals surface area contributed by atoms with Gasteiger partial charge in [-0.2, -0.15) is 0 Å². The zero-order chi connectivity index (χ0) is 17.1. The molecule has 0 N–H and O–H groups in total. The topological polar surface area (TPSA) is 9.23 Å². The first-order chi connectivity index (χ1) is 11.6. The molecule has 4 heteroatoms. The Bertz CT molecular complexity index is 540. The molecule has 3 rings (SSSR count). The standard InChI is InChI=1S/C20H27ClF2O/c1-2-3-8-24-17-7-6-13-9-14(4-5-15(13)10-17)16-11-18(22)20(21)19(23)12-16/h11-15,17H,2-10H2,1H3. The zero-order valence-corrected chi connectivity index (χ0v) is 15.1. The molecule has 0 saturated heterocycles. The van der Waals surface area contributed by atoms with E-state index in [1.165, 1.54) is 25.0 Å². The lowest BCUT2D eigenvalue weighted by Crippen LogP contribution is -2.34. The number of benzene rings is 1. The quantitative estimate of drug-likeness (QED) is 0.433. The van der Waals surface area contributed by atoms with Gasteiger partial charge in [-0.05, 0) is 80.4 Å². The Morgan fingerprint density at radius 2 is 1.71 bits per heavy atom. The van der Waals surface area contributed by atoms with Crippen LogP contribution >= 0.6 is 11.6 Å². The molecule has 2 aliphatic carbocycles. The third-order valence-corrected chi connectivity index (χ3v) is 6.25. The van der Waals surface area contributed by atoms with E-state index in [0.29, 0.717) is 17.9 Å². The Labute approximate surface area is 148 Å². The van der Waals surface area contributed by atoms with Crippen molar-refractivity contribution in [1.29, 1.82) is 0 Å². The minimum Gasteiger partial charge on any atom is -0.378 e. The highest BCUT2D eigenvalue weighted by Gasteiger charge is 2.36. The highest BCUT2D eigenvalue weighted by Crippen LogP contribution is 2.47. The maximum Gasteiger partial charge on any atom is 0.145 e. The van der Waals surface area contributed by atoms with Crippen LogP contribution in [0.4, 0.5) is 8.78 Å². The van der Waals surface area contributed by atoms with Gasteiger partial charge in [-0.3, -0.25) is 0 Å². The number of rotatable bonds is 5. The van der Waals surface area contributed by atoms with Crippen molar-refractivity contribution in [2.24, 2.45) is 11.8 Å². The Morgan fingerprint density at radius 3 is 2.42 bits per heavy atom. The van der Waals surface area contributed by atoms with Gasteiger partial charge in [0, 0.05) is 6.61 Å². The van der Waals surface area contributed by atoms with Crippen LogP contribution < -0.4 is 0 Å². The second kappa shape index (κ2) is 8.14. The molecule has 2 fully saturated rings. The maximum absolute atomic E-state index is 13.7. The number of ether oxygens (including phenoxy) is 1.